The topological polar surface area (TPSA) is 62.8 Å². The fraction of sp³-hybridized carbons (Fsp3) is 0.381. The number of urea groups is 1. The van der Waals surface area contributed by atoms with E-state index in [9.17, 15) is 4.79 Å². The normalized spacial score (nSPS) is 12.7. The van der Waals surface area contributed by atoms with Crippen LogP contribution in [0, 0.1) is 0 Å². The van der Waals surface area contributed by atoms with Gasteiger partial charge < -0.3 is 25.0 Å². The van der Waals surface area contributed by atoms with Gasteiger partial charge in [-0.1, -0.05) is 36.4 Å². The molecule has 0 bridgehead atoms. The Balaban J connectivity index is 1.30. The van der Waals surface area contributed by atoms with Gasteiger partial charge in [0.1, 0.15) is 13.2 Å². The summed E-state index contributed by atoms with van der Waals surface area (Å²) in [6.07, 6.45) is 0.904. The number of carbonyl (C=O) groups excluding carboxylic acids is 1. The number of nitrogens with one attached hydrogen (secondary N) is 2. The Morgan fingerprint density at radius 2 is 1.78 bits per heavy atom. The van der Waals surface area contributed by atoms with Crippen molar-refractivity contribution in [2.75, 3.05) is 33.4 Å². The molecule has 0 atom stereocenters. The van der Waals surface area contributed by atoms with Crippen LogP contribution >= 0.6 is 0 Å². The van der Waals surface area contributed by atoms with Crippen LogP contribution in [-0.2, 0) is 13.1 Å². The lowest BCUT2D eigenvalue weighted by atomic mass is 10.2. The van der Waals surface area contributed by atoms with E-state index in [1.165, 1.54) is 5.56 Å². The molecule has 0 saturated carbocycles. The smallest absolute Gasteiger partial charge is 0.315 e. The van der Waals surface area contributed by atoms with Gasteiger partial charge in [0.05, 0.1) is 0 Å². The van der Waals surface area contributed by atoms with Crippen LogP contribution in [0.25, 0.3) is 0 Å². The summed E-state index contributed by atoms with van der Waals surface area (Å²) in [5.74, 6) is 1.50. The molecule has 2 aromatic rings. The van der Waals surface area contributed by atoms with E-state index >= 15 is 0 Å². The van der Waals surface area contributed by atoms with E-state index in [0.29, 0.717) is 26.3 Å². The monoisotopic (exact) mass is 369 g/mol. The van der Waals surface area contributed by atoms with E-state index in [-0.39, 0.29) is 6.03 Å². The van der Waals surface area contributed by atoms with Gasteiger partial charge in [0.2, 0.25) is 0 Å². The number of hydrogen-bond acceptors (Lipinski definition) is 4. The zero-order chi connectivity index (χ0) is 18.9. The third-order valence-corrected chi connectivity index (χ3v) is 4.36. The minimum absolute atomic E-state index is 0.157. The van der Waals surface area contributed by atoms with Crippen LogP contribution < -0.4 is 20.1 Å². The third kappa shape index (κ3) is 6.18. The maximum absolute atomic E-state index is 11.9. The van der Waals surface area contributed by atoms with Crippen molar-refractivity contribution < 1.29 is 14.3 Å². The molecule has 3 rings (SSSR count). The zero-order valence-electron chi connectivity index (χ0n) is 15.7. The van der Waals surface area contributed by atoms with Gasteiger partial charge in [0, 0.05) is 19.6 Å². The Labute approximate surface area is 160 Å². The van der Waals surface area contributed by atoms with Gasteiger partial charge in [-0.15, -0.1) is 0 Å². The van der Waals surface area contributed by atoms with Gasteiger partial charge in [0.25, 0.3) is 0 Å². The standard InChI is InChI=1S/C21H27N3O3/c1-24(16-17-6-3-2-4-7-17)11-5-10-22-21(25)23-15-18-8-9-19-20(14-18)27-13-12-26-19/h2-4,6-9,14H,5,10-13,15-16H2,1H3,(H2,22,23,25). The van der Waals surface area contributed by atoms with E-state index in [1.54, 1.807) is 0 Å². The predicted octanol–water partition coefficient (Wildman–Crippen LogP) is 2.78. The van der Waals surface area contributed by atoms with Crippen molar-refractivity contribution in [2.45, 2.75) is 19.5 Å². The van der Waals surface area contributed by atoms with E-state index in [0.717, 1.165) is 36.6 Å². The first-order valence-corrected chi connectivity index (χ1v) is 9.33. The summed E-state index contributed by atoms with van der Waals surface area (Å²) in [7, 11) is 2.09. The molecule has 1 aliphatic heterocycles. The Bertz CT molecular complexity index is 737. The van der Waals surface area contributed by atoms with Crippen LogP contribution in [0.4, 0.5) is 4.79 Å². The van der Waals surface area contributed by atoms with Crippen molar-refractivity contribution in [3.05, 3.63) is 59.7 Å². The zero-order valence-corrected chi connectivity index (χ0v) is 15.7. The van der Waals surface area contributed by atoms with Gasteiger partial charge in [-0.3, -0.25) is 0 Å². The Kier molecular flexibility index (Phi) is 6.93. The lowest BCUT2D eigenvalue weighted by Gasteiger charge is -2.19. The summed E-state index contributed by atoms with van der Waals surface area (Å²) in [5, 5.41) is 5.78. The third-order valence-electron chi connectivity index (χ3n) is 4.36. The maximum atomic E-state index is 11.9. The van der Waals surface area contributed by atoms with Crippen LogP contribution in [0.2, 0.25) is 0 Å². The highest BCUT2D eigenvalue weighted by Crippen LogP contribution is 2.30. The molecule has 2 amide bonds. The molecule has 0 radical (unpaired) electrons. The van der Waals surface area contributed by atoms with Crippen LogP contribution in [0.5, 0.6) is 11.5 Å². The molecule has 6 heteroatoms. The lowest BCUT2D eigenvalue weighted by molar-refractivity contribution is 0.171. The minimum Gasteiger partial charge on any atom is -0.486 e. The average Bonchev–Trinajstić information content (AvgIpc) is 2.70. The van der Waals surface area contributed by atoms with Crippen LogP contribution in [0.1, 0.15) is 17.5 Å². The van der Waals surface area contributed by atoms with Crippen molar-refractivity contribution in [1.82, 2.24) is 15.5 Å². The summed E-state index contributed by atoms with van der Waals surface area (Å²) in [5.41, 5.74) is 2.28. The molecule has 2 N–H and O–H groups in total. The number of ether oxygens (including phenoxy) is 2. The second-order valence-corrected chi connectivity index (χ2v) is 6.66. The Morgan fingerprint density at radius 3 is 2.59 bits per heavy atom. The largest absolute Gasteiger partial charge is 0.486 e. The van der Waals surface area contributed by atoms with E-state index in [1.807, 2.05) is 24.3 Å². The Morgan fingerprint density at radius 1 is 1.00 bits per heavy atom. The molecular weight excluding hydrogens is 342 g/mol. The van der Waals surface area contributed by atoms with Gasteiger partial charge in [0.15, 0.2) is 11.5 Å². The van der Waals surface area contributed by atoms with Crippen LogP contribution in [0.3, 0.4) is 0 Å². The number of rotatable bonds is 8. The quantitative estimate of drug-likeness (QED) is 0.703. The molecule has 27 heavy (non-hydrogen) atoms. The summed E-state index contributed by atoms with van der Waals surface area (Å²) < 4.78 is 11.1. The second kappa shape index (κ2) is 9.83. The molecule has 0 aromatic heterocycles. The first-order chi connectivity index (χ1) is 13.2. The number of benzene rings is 2. The second-order valence-electron chi connectivity index (χ2n) is 6.66. The first-order valence-electron chi connectivity index (χ1n) is 9.33. The van der Waals surface area contributed by atoms with Crippen molar-refractivity contribution in [1.29, 1.82) is 0 Å². The highest BCUT2D eigenvalue weighted by Gasteiger charge is 2.12. The SMILES string of the molecule is CN(CCCNC(=O)NCc1ccc2c(c1)OCCO2)Cc1ccccc1. The molecule has 0 aliphatic carbocycles. The molecule has 0 saturated heterocycles. The molecule has 0 fully saturated rings. The molecule has 0 spiro atoms. The number of carbonyl (C=O) groups is 1. The van der Waals surface area contributed by atoms with Crippen molar-refractivity contribution in [3.8, 4) is 11.5 Å². The van der Waals surface area contributed by atoms with Gasteiger partial charge in [-0.25, -0.2) is 4.79 Å². The summed E-state index contributed by atoms with van der Waals surface area (Å²) in [6.45, 7) is 4.08. The molecule has 0 unspecified atom stereocenters. The van der Waals surface area contributed by atoms with Crippen molar-refractivity contribution >= 4 is 6.03 Å². The van der Waals surface area contributed by atoms with Crippen LogP contribution in [-0.4, -0.2) is 44.3 Å². The predicted molar refractivity (Wildman–Crippen MR) is 105 cm³/mol. The minimum atomic E-state index is -0.157. The maximum Gasteiger partial charge on any atom is 0.315 e. The molecule has 1 heterocycles. The Hall–Kier alpha value is -2.73. The summed E-state index contributed by atoms with van der Waals surface area (Å²) in [4.78, 5) is 14.2. The number of hydrogen-bond donors (Lipinski definition) is 2. The molecule has 2 aromatic carbocycles. The van der Waals surface area contributed by atoms with E-state index < -0.39 is 0 Å². The lowest BCUT2D eigenvalue weighted by Crippen LogP contribution is -2.36. The molecule has 6 nitrogen and oxygen atoms in total. The fourth-order valence-corrected chi connectivity index (χ4v) is 2.97. The van der Waals surface area contributed by atoms with E-state index in [2.05, 4.69) is 46.8 Å². The molecular formula is C21H27N3O3. The number of nitrogens with zero attached hydrogens (tertiary/aromatic N) is 1. The summed E-state index contributed by atoms with van der Waals surface area (Å²) in [6, 6.07) is 16.0. The highest BCUT2D eigenvalue weighted by atomic mass is 16.6. The van der Waals surface area contributed by atoms with Crippen LogP contribution in [0.15, 0.2) is 48.5 Å². The molecule has 1 aliphatic rings. The first kappa shape index (κ1) is 19.0. The average molecular weight is 369 g/mol. The molecule has 144 valence electrons. The van der Waals surface area contributed by atoms with Gasteiger partial charge in [-0.2, -0.15) is 0 Å². The van der Waals surface area contributed by atoms with Gasteiger partial charge in [-0.05, 0) is 43.3 Å². The van der Waals surface area contributed by atoms with E-state index in [4.69, 9.17) is 9.47 Å². The number of amides is 2. The van der Waals surface area contributed by atoms with Crippen molar-refractivity contribution in [3.63, 3.8) is 0 Å². The van der Waals surface area contributed by atoms with Gasteiger partial charge >= 0.3 is 6.03 Å². The summed E-state index contributed by atoms with van der Waals surface area (Å²) >= 11 is 0. The van der Waals surface area contributed by atoms with Crippen molar-refractivity contribution in [2.24, 2.45) is 0 Å². The highest BCUT2D eigenvalue weighted by molar-refractivity contribution is 5.73. The fourth-order valence-electron chi connectivity index (χ4n) is 2.97. The number of fused-ring (bicyclic) bond motifs is 1.